The van der Waals surface area contributed by atoms with E-state index < -0.39 is 70.6 Å². The van der Waals surface area contributed by atoms with Crippen LogP contribution in [0.2, 0.25) is 10.0 Å². The lowest BCUT2D eigenvalue weighted by Crippen LogP contribution is -2.54. The average molecular weight is 802 g/mol. The van der Waals surface area contributed by atoms with Crippen molar-refractivity contribution < 1.29 is 54.9 Å². The summed E-state index contributed by atoms with van der Waals surface area (Å²) in [4.78, 5) is 41.1. The zero-order valence-corrected chi connectivity index (χ0v) is 30.5. The molecule has 3 aromatic rings. The van der Waals surface area contributed by atoms with Gasteiger partial charge in [-0.15, -0.1) is 0 Å². The number of likely N-dealkylation sites (tertiary alicyclic amines) is 1. The molecule has 2 aliphatic heterocycles. The van der Waals surface area contributed by atoms with E-state index >= 15 is 0 Å². The molecule has 8 nitrogen and oxygen atoms in total. The molecule has 290 valence electrons. The maximum absolute atomic E-state index is 13.7. The number of nitrogens with zero attached hydrogens (tertiary/aromatic N) is 2. The fraction of sp³-hybridized carbons (Fsp3) is 0.447. The topological polar surface area (TPSA) is 85.4 Å². The van der Waals surface area contributed by atoms with Crippen LogP contribution in [0.4, 0.5) is 26.3 Å². The van der Waals surface area contributed by atoms with Gasteiger partial charge in [-0.3, -0.25) is 9.59 Å². The van der Waals surface area contributed by atoms with Crippen molar-refractivity contribution in [1.29, 1.82) is 0 Å². The van der Waals surface area contributed by atoms with Crippen LogP contribution < -0.4 is 0 Å². The van der Waals surface area contributed by atoms with E-state index in [0.717, 1.165) is 11.1 Å². The molecular weight excluding hydrogens is 765 g/mol. The number of benzene rings is 3. The smallest absolute Gasteiger partial charge is 0.416 e. The quantitative estimate of drug-likeness (QED) is 0.170. The molecule has 0 bridgehead atoms. The van der Waals surface area contributed by atoms with Gasteiger partial charge >= 0.3 is 24.3 Å². The Labute approximate surface area is 317 Å². The van der Waals surface area contributed by atoms with Gasteiger partial charge in [-0.2, -0.15) is 26.3 Å². The maximum atomic E-state index is 13.7. The number of fused-ring (bicyclic) bond motifs is 2. The third-order valence-electron chi connectivity index (χ3n) is 10.6. The average Bonchev–Trinajstić information content (AvgIpc) is 3.42. The van der Waals surface area contributed by atoms with Crippen LogP contribution in [0.1, 0.15) is 64.4 Å². The summed E-state index contributed by atoms with van der Waals surface area (Å²) in [6.07, 6.45) is -8.69. The number of amides is 1. The van der Waals surface area contributed by atoms with Gasteiger partial charge in [0.2, 0.25) is 0 Å². The Hall–Kier alpha value is -3.85. The minimum Gasteiger partial charge on any atom is -0.459 e. The summed E-state index contributed by atoms with van der Waals surface area (Å²) >= 11 is 12.6. The van der Waals surface area contributed by atoms with Crippen molar-refractivity contribution in [3.05, 3.63) is 104 Å². The fourth-order valence-corrected chi connectivity index (χ4v) is 8.13. The van der Waals surface area contributed by atoms with E-state index in [1.165, 1.54) is 11.8 Å². The first-order valence-electron chi connectivity index (χ1n) is 17.2. The second kappa shape index (κ2) is 15.4. The van der Waals surface area contributed by atoms with E-state index in [2.05, 4.69) is 4.90 Å². The highest BCUT2D eigenvalue weighted by atomic mass is 35.5. The number of piperidine rings is 1. The largest absolute Gasteiger partial charge is 0.459 e. The van der Waals surface area contributed by atoms with Crippen LogP contribution in [-0.2, 0) is 53.6 Å². The van der Waals surface area contributed by atoms with E-state index in [9.17, 15) is 40.7 Å². The molecule has 1 spiro atoms. The van der Waals surface area contributed by atoms with Crippen molar-refractivity contribution in [2.75, 3.05) is 45.9 Å². The Kier molecular flexibility index (Phi) is 11.3. The first-order valence-corrected chi connectivity index (χ1v) is 18.0. The first kappa shape index (κ1) is 39.8. The van der Waals surface area contributed by atoms with Crippen LogP contribution in [0.15, 0.2) is 60.7 Å². The number of alkyl halides is 6. The van der Waals surface area contributed by atoms with Crippen molar-refractivity contribution >= 4 is 41.0 Å². The Balaban J connectivity index is 1.23. The number of ether oxygens (including phenoxy) is 3. The van der Waals surface area contributed by atoms with Crippen molar-refractivity contribution in [3.8, 4) is 0 Å². The van der Waals surface area contributed by atoms with E-state index in [1.807, 2.05) is 24.3 Å². The Morgan fingerprint density at radius 3 is 2.19 bits per heavy atom. The zero-order valence-electron chi connectivity index (χ0n) is 29.0. The summed E-state index contributed by atoms with van der Waals surface area (Å²) < 4.78 is 99.1. The summed E-state index contributed by atoms with van der Waals surface area (Å²) in [5, 5.41) is 0.451. The normalized spacial score (nSPS) is 21.5. The predicted molar refractivity (Wildman–Crippen MR) is 185 cm³/mol. The van der Waals surface area contributed by atoms with Gasteiger partial charge in [0.05, 0.1) is 34.3 Å². The molecule has 54 heavy (non-hydrogen) atoms. The molecule has 2 fully saturated rings. The Morgan fingerprint density at radius 2 is 1.56 bits per heavy atom. The van der Waals surface area contributed by atoms with Gasteiger partial charge in [-0.25, -0.2) is 4.79 Å². The molecule has 0 aromatic heterocycles. The number of rotatable bonds is 8. The predicted octanol–water partition coefficient (Wildman–Crippen LogP) is 7.85. The maximum Gasteiger partial charge on any atom is 0.416 e. The highest BCUT2D eigenvalue weighted by Gasteiger charge is 2.51. The SMILES string of the molecule is CC(=O)OCC(=O)O[C@H]1Cc2ccccc2C12CCN(CC[C@@]1(c3ccc(Cl)c(Cl)c3)CN(C(=O)c3cc(C(F)(F)F)cc(C(F)(F)F)c3)CCO1)CC2. The Bertz CT molecular complexity index is 1880. The van der Waals surface area contributed by atoms with Gasteiger partial charge in [0, 0.05) is 37.4 Å². The second-order valence-corrected chi connectivity index (χ2v) is 14.7. The van der Waals surface area contributed by atoms with Crippen LogP contribution >= 0.6 is 23.2 Å². The number of morpholine rings is 1. The monoisotopic (exact) mass is 800 g/mol. The van der Waals surface area contributed by atoms with Crippen molar-refractivity contribution in [3.63, 3.8) is 0 Å². The molecule has 0 radical (unpaired) electrons. The van der Waals surface area contributed by atoms with E-state index in [0.29, 0.717) is 56.6 Å². The van der Waals surface area contributed by atoms with Crippen molar-refractivity contribution in [1.82, 2.24) is 9.80 Å². The van der Waals surface area contributed by atoms with Gasteiger partial charge < -0.3 is 24.0 Å². The number of esters is 2. The van der Waals surface area contributed by atoms with E-state index in [1.54, 1.807) is 18.2 Å². The molecule has 2 heterocycles. The fourth-order valence-electron chi connectivity index (χ4n) is 7.83. The summed E-state index contributed by atoms with van der Waals surface area (Å²) in [6, 6.07) is 13.6. The van der Waals surface area contributed by atoms with Crippen LogP contribution in [0.3, 0.4) is 0 Å². The van der Waals surface area contributed by atoms with Gasteiger partial charge in [0.1, 0.15) is 11.7 Å². The molecule has 16 heteroatoms. The zero-order chi connectivity index (χ0) is 39.1. The van der Waals surface area contributed by atoms with Crippen molar-refractivity contribution in [2.45, 2.75) is 62.1 Å². The molecule has 2 saturated heterocycles. The number of hydrogen-bond donors (Lipinski definition) is 0. The number of hydrogen-bond acceptors (Lipinski definition) is 7. The minimum atomic E-state index is -5.12. The molecular formula is C38H36Cl2F6N2O6. The number of halogens is 8. The van der Waals surface area contributed by atoms with E-state index in [4.69, 9.17) is 37.4 Å². The summed E-state index contributed by atoms with van der Waals surface area (Å²) in [7, 11) is 0. The molecule has 0 N–H and O–H groups in total. The lowest BCUT2D eigenvalue weighted by molar-refractivity contribution is -0.164. The number of carbonyl (C=O) groups is 3. The molecule has 6 rings (SSSR count). The first-order chi connectivity index (χ1) is 25.4. The Morgan fingerprint density at radius 1 is 0.889 bits per heavy atom. The molecule has 3 aromatic carbocycles. The third kappa shape index (κ3) is 8.36. The highest BCUT2D eigenvalue weighted by Crippen LogP contribution is 2.48. The van der Waals surface area contributed by atoms with Crippen LogP contribution in [0.5, 0.6) is 0 Å². The molecule has 1 aliphatic carbocycles. The molecule has 3 aliphatic rings. The van der Waals surface area contributed by atoms with Crippen LogP contribution in [0.25, 0.3) is 0 Å². The minimum absolute atomic E-state index is 0.0156. The van der Waals surface area contributed by atoms with Gasteiger partial charge in [-0.1, -0.05) is 53.5 Å². The summed E-state index contributed by atoms with van der Waals surface area (Å²) in [5.74, 6) is -2.24. The lowest BCUT2D eigenvalue weighted by Gasteiger charge is -2.46. The van der Waals surface area contributed by atoms with E-state index in [-0.39, 0.29) is 42.2 Å². The van der Waals surface area contributed by atoms with Crippen LogP contribution in [0, 0.1) is 0 Å². The molecule has 2 atom stereocenters. The lowest BCUT2D eigenvalue weighted by atomic mass is 9.72. The summed E-state index contributed by atoms with van der Waals surface area (Å²) in [5.41, 5.74) is -2.95. The molecule has 0 saturated carbocycles. The van der Waals surface area contributed by atoms with Gasteiger partial charge in [0.25, 0.3) is 5.91 Å². The molecule has 0 unspecified atom stereocenters. The summed E-state index contributed by atoms with van der Waals surface area (Å²) in [6.45, 7) is 1.98. The highest BCUT2D eigenvalue weighted by molar-refractivity contribution is 6.42. The van der Waals surface area contributed by atoms with Gasteiger partial charge in [0.15, 0.2) is 6.61 Å². The van der Waals surface area contributed by atoms with Crippen molar-refractivity contribution in [2.24, 2.45) is 0 Å². The van der Waals surface area contributed by atoms with Crippen LogP contribution in [-0.4, -0.2) is 79.7 Å². The molecule has 1 amide bonds. The second-order valence-electron chi connectivity index (χ2n) is 13.9. The standard InChI is InChI=1S/C38H36Cl2F6N2O6/c1-23(49)52-21-33(50)54-32-18-24-4-2-3-5-29(24)35(32)8-11-47(12-9-35)13-10-36(26-6-7-30(39)31(40)20-26)22-48(14-15-53-36)34(51)25-16-27(37(41,42)43)19-28(17-25)38(44,45)46/h2-7,16-17,19-20,32H,8-15,18,21-22H2,1H3/t32-,36-/m0/s1. The third-order valence-corrected chi connectivity index (χ3v) is 11.3. The number of carbonyl (C=O) groups excluding carboxylic acids is 3. The van der Waals surface area contributed by atoms with Gasteiger partial charge in [-0.05, 0) is 79.4 Å².